The molecule has 0 saturated carbocycles. The number of thioether (sulfide) groups is 1. The summed E-state index contributed by atoms with van der Waals surface area (Å²) < 4.78 is 1.93. The number of hydrogen-bond donors (Lipinski definition) is 1. The fraction of sp³-hybridized carbons (Fsp3) is 0.200. The number of amides is 1. The van der Waals surface area contributed by atoms with E-state index in [2.05, 4.69) is 34.0 Å². The van der Waals surface area contributed by atoms with E-state index in [4.69, 9.17) is 0 Å². The smallest absolute Gasteiger partial charge is 0.234 e. The van der Waals surface area contributed by atoms with Crippen molar-refractivity contribution in [1.82, 2.24) is 19.7 Å². The summed E-state index contributed by atoms with van der Waals surface area (Å²) in [6.07, 6.45) is 6.11. The third kappa shape index (κ3) is 4.62. The van der Waals surface area contributed by atoms with Crippen LogP contribution in [0.5, 0.6) is 0 Å². The molecule has 2 heterocycles. The Bertz CT molecular complexity index is 923. The Kier molecular flexibility index (Phi) is 6.38. The SMILES string of the molecule is C=CCn1c(SCC(=O)Nc2ccccc2CC)nnc1-c1cccnc1. The minimum absolute atomic E-state index is 0.0722. The molecule has 1 amide bonds. The first-order valence-electron chi connectivity index (χ1n) is 8.68. The number of aryl methyl sites for hydroxylation is 1. The van der Waals surface area contributed by atoms with E-state index < -0.39 is 0 Å². The Hall–Kier alpha value is -2.93. The highest BCUT2D eigenvalue weighted by Crippen LogP contribution is 2.24. The molecule has 2 aromatic heterocycles. The molecule has 3 rings (SSSR count). The van der Waals surface area contributed by atoms with E-state index >= 15 is 0 Å². The maximum absolute atomic E-state index is 12.4. The molecule has 0 radical (unpaired) electrons. The molecule has 3 aromatic rings. The molecule has 0 atom stereocenters. The number of para-hydroxylation sites is 1. The van der Waals surface area contributed by atoms with Gasteiger partial charge in [-0.25, -0.2) is 0 Å². The van der Waals surface area contributed by atoms with Crippen molar-refractivity contribution in [2.24, 2.45) is 0 Å². The predicted octanol–water partition coefficient (Wildman–Crippen LogP) is 3.82. The average Bonchev–Trinajstić information content (AvgIpc) is 3.10. The van der Waals surface area contributed by atoms with Crippen molar-refractivity contribution in [1.29, 1.82) is 0 Å². The number of hydrogen-bond acceptors (Lipinski definition) is 5. The van der Waals surface area contributed by atoms with Gasteiger partial charge in [0.1, 0.15) is 0 Å². The zero-order chi connectivity index (χ0) is 19.1. The van der Waals surface area contributed by atoms with E-state index in [0.29, 0.717) is 17.5 Å². The third-order valence-corrected chi connectivity index (χ3v) is 4.92. The zero-order valence-corrected chi connectivity index (χ0v) is 15.9. The Morgan fingerprint density at radius 1 is 1.26 bits per heavy atom. The van der Waals surface area contributed by atoms with Gasteiger partial charge >= 0.3 is 0 Å². The highest BCUT2D eigenvalue weighted by Gasteiger charge is 2.15. The van der Waals surface area contributed by atoms with E-state index in [1.807, 2.05) is 41.0 Å². The molecule has 27 heavy (non-hydrogen) atoms. The van der Waals surface area contributed by atoms with Crippen LogP contribution in [0.2, 0.25) is 0 Å². The number of carbonyl (C=O) groups is 1. The van der Waals surface area contributed by atoms with Gasteiger partial charge in [-0.15, -0.1) is 16.8 Å². The molecule has 0 unspecified atom stereocenters. The van der Waals surface area contributed by atoms with Crippen LogP contribution in [0.4, 0.5) is 5.69 Å². The molecular formula is C20H21N5OS. The van der Waals surface area contributed by atoms with Crippen LogP contribution in [0.1, 0.15) is 12.5 Å². The molecule has 1 aromatic carbocycles. The van der Waals surface area contributed by atoms with Crippen LogP contribution in [0, 0.1) is 0 Å². The number of aromatic nitrogens is 4. The topological polar surface area (TPSA) is 72.7 Å². The number of nitrogens with one attached hydrogen (secondary N) is 1. The fourth-order valence-electron chi connectivity index (χ4n) is 2.66. The summed E-state index contributed by atoms with van der Waals surface area (Å²) in [6, 6.07) is 11.6. The highest BCUT2D eigenvalue weighted by atomic mass is 32.2. The van der Waals surface area contributed by atoms with Crippen LogP contribution in [0.25, 0.3) is 11.4 Å². The van der Waals surface area contributed by atoms with Crippen molar-refractivity contribution < 1.29 is 4.79 Å². The zero-order valence-electron chi connectivity index (χ0n) is 15.1. The van der Waals surface area contributed by atoms with Gasteiger partial charge in [0.2, 0.25) is 5.91 Å². The summed E-state index contributed by atoms with van der Waals surface area (Å²) in [5.74, 6) is 0.889. The Balaban J connectivity index is 1.71. The molecule has 0 fully saturated rings. The molecule has 138 valence electrons. The molecular weight excluding hydrogens is 358 g/mol. The van der Waals surface area contributed by atoms with Crippen molar-refractivity contribution >= 4 is 23.4 Å². The minimum Gasteiger partial charge on any atom is -0.325 e. The van der Waals surface area contributed by atoms with Crippen molar-refractivity contribution in [3.63, 3.8) is 0 Å². The fourth-order valence-corrected chi connectivity index (χ4v) is 3.41. The summed E-state index contributed by atoms with van der Waals surface area (Å²) >= 11 is 1.35. The van der Waals surface area contributed by atoms with Gasteiger partial charge in [0.15, 0.2) is 11.0 Å². The van der Waals surface area contributed by atoms with Gasteiger partial charge in [-0.2, -0.15) is 0 Å². The highest BCUT2D eigenvalue weighted by molar-refractivity contribution is 7.99. The second-order valence-corrected chi connectivity index (χ2v) is 6.74. The van der Waals surface area contributed by atoms with Gasteiger partial charge < -0.3 is 5.32 Å². The summed E-state index contributed by atoms with van der Waals surface area (Å²) in [4.78, 5) is 16.5. The largest absolute Gasteiger partial charge is 0.325 e. The molecule has 0 bridgehead atoms. The summed E-state index contributed by atoms with van der Waals surface area (Å²) in [5.41, 5.74) is 2.85. The number of allylic oxidation sites excluding steroid dienone is 1. The normalized spacial score (nSPS) is 10.6. The molecule has 6 nitrogen and oxygen atoms in total. The van der Waals surface area contributed by atoms with Crippen LogP contribution < -0.4 is 5.32 Å². The Labute approximate surface area is 162 Å². The summed E-state index contributed by atoms with van der Waals surface area (Å²) in [6.45, 7) is 6.42. The standard InChI is InChI=1S/C20H21N5OS/c1-3-12-25-19(16-9-7-11-21-13-16)23-24-20(25)27-14-18(26)22-17-10-6-5-8-15(17)4-2/h3,5-11,13H,1,4,12,14H2,2H3,(H,22,26). The van der Waals surface area contributed by atoms with Gasteiger partial charge in [-0.1, -0.05) is 43.0 Å². The number of benzene rings is 1. The Morgan fingerprint density at radius 3 is 2.85 bits per heavy atom. The maximum Gasteiger partial charge on any atom is 0.234 e. The average molecular weight is 379 g/mol. The summed E-state index contributed by atoms with van der Waals surface area (Å²) in [7, 11) is 0. The molecule has 0 aliphatic carbocycles. The van der Waals surface area contributed by atoms with Crippen LogP contribution in [-0.4, -0.2) is 31.4 Å². The van der Waals surface area contributed by atoms with Crippen molar-refractivity contribution in [2.75, 3.05) is 11.1 Å². The quantitative estimate of drug-likeness (QED) is 0.476. The van der Waals surface area contributed by atoms with E-state index in [-0.39, 0.29) is 11.7 Å². The maximum atomic E-state index is 12.4. The van der Waals surface area contributed by atoms with E-state index in [1.165, 1.54) is 11.8 Å². The van der Waals surface area contributed by atoms with E-state index in [0.717, 1.165) is 23.2 Å². The number of anilines is 1. The first-order chi connectivity index (χ1) is 13.2. The van der Waals surface area contributed by atoms with E-state index in [9.17, 15) is 4.79 Å². The van der Waals surface area contributed by atoms with Gasteiger partial charge in [0.05, 0.1) is 5.75 Å². The van der Waals surface area contributed by atoms with Crippen LogP contribution in [0.3, 0.4) is 0 Å². The van der Waals surface area contributed by atoms with Crippen molar-refractivity contribution in [2.45, 2.75) is 25.0 Å². The molecule has 0 spiro atoms. The van der Waals surface area contributed by atoms with Crippen LogP contribution >= 0.6 is 11.8 Å². The lowest BCUT2D eigenvalue weighted by Gasteiger charge is -2.10. The van der Waals surface area contributed by atoms with Crippen molar-refractivity contribution in [3.05, 3.63) is 67.0 Å². The van der Waals surface area contributed by atoms with Crippen molar-refractivity contribution in [3.8, 4) is 11.4 Å². The van der Waals surface area contributed by atoms with Gasteiger partial charge in [-0.3, -0.25) is 14.3 Å². The van der Waals surface area contributed by atoms with Gasteiger partial charge in [0.25, 0.3) is 0 Å². The lowest BCUT2D eigenvalue weighted by atomic mass is 10.1. The molecule has 7 heteroatoms. The van der Waals surface area contributed by atoms with Gasteiger partial charge in [0, 0.05) is 30.2 Å². The number of nitrogens with zero attached hydrogens (tertiary/aromatic N) is 4. The first kappa shape index (κ1) is 18.8. The molecule has 0 saturated heterocycles. The lowest BCUT2D eigenvalue weighted by Crippen LogP contribution is -2.15. The van der Waals surface area contributed by atoms with Crippen LogP contribution in [0.15, 0.2) is 66.6 Å². The second kappa shape index (κ2) is 9.14. The minimum atomic E-state index is -0.0722. The first-order valence-corrected chi connectivity index (χ1v) is 9.66. The second-order valence-electron chi connectivity index (χ2n) is 5.79. The van der Waals surface area contributed by atoms with E-state index in [1.54, 1.807) is 18.5 Å². The summed E-state index contributed by atoms with van der Waals surface area (Å²) in [5, 5.41) is 12.2. The monoisotopic (exact) mass is 379 g/mol. The molecule has 0 aliphatic heterocycles. The van der Waals surface area contributed by atoms with Crippen LogP contribution in [-0.2, 0) is 17.8 Å². The number of rotatable bonds is 8. The third-order valence-electron chi connectivity index (χ3n) is 3.95. The number of carbonyl (C=O) groups excluding carboxylic acids is 1. The van der Waals surface area contributed by atoms with Gasteiger partial charge in [-0.05, 0) is 30.2 Å². The molecule has 1 N–H and O–H groups in total. The Morgan fingerprint density at radius 2 is 2.11 bits per heavy atom. The number of pyridine rings is 1. The lowest BCUT2D eigenvalue weighted by molar-refractivity contribution is -0.113. The predicted molar refractivity (Wildman–Crippen MR) is 109 cm³/mol. The molecule has 0 aliphatic rings.